The summed E-state index contributed by atoms with van der Waals surface area (Å²) < 4.78 is 1.76. The lowest BCUT2D eigenvalue weighted by molar-refractivity contribution is -0.131. The van der Waals surface area contributed by atoms with Crippen LogP contribution < -0.4 is 5.32 Å². The van der Waals surface area contributed by atoms with Crippen LogP contribution in [0.25, 0.3) is 5.69 Å². The van der Waals surface area contributed by atoms with Crippen molar-refractivity contribution in [2.75, 3.05) is 0 Å². The Balaban J connectivity index is 1.55. The van der Waals surface area contributed by atoms with E-state index in [0.717, 1.165) is 22.4 Å². The molecule has 0 radical (unpaired) electrons. The predicted octanol–water partition coefficient (Wildman–Crippen LogP) is 3.15. The van der Waals surface area contributed by atoms with Crippen LogP contribution in [0.2, 0.25) is 0 Å². The Kier molecular flexibility index (Phi) is 4.03. The number of hydrogen-bond donors (Lipinski definition) is 1. The normalized spacial score (nSPS) is 19.4. The fraction of sp³-hybridized carbons (Fsp3) is 0.190. The van der Waals surface area contributed by atoms with E-state index in [9.17, 15) is 9.59 Å². The van der Waals surface area contributed by atoms with E-state index in [1.54, 1.807) is 17.8 Å². The van der Waals surface area contributed by atoms with Crippen LogP contribution in [0, 0.1) is 6.92 Å². The summed E-state index contributed by atoms with van der Waals surface area (Å²) in [5.41, 5.74) is 2.64. The molecule has 0 bridgehead atoms. The Hall–Kier alpha value is -3.41. The molecule has 6 nitrogen and oxygen atoms in total. The highest BCUT2D eigenvalue weighted by Gasteiger charge is 2.48. The minimum atomic E-state index is -1.04. The quantitative estimate of drug-likeness (QED) is 0.727. The molecule has 3 amide bonds. The Morgan fingerprint density at radius 1 is 1.04 bits per heavy atom. The number of rotatable bonds is 4. The number of aryl methyl sites for hydroxylation is 1. The maximum absolute atomic E-state index is 13.0. The zero-order valence-corrected chi connectivity index (χ0v) is 15.2. The number of hydrogen-bond acceptors (Lipinski definition) is 3. The van der Waals surface area contributed by atoms with E-state index in [1.807, 2.05) is 67.7 Å². The number of urea groups is 1. The molecular weight excluding hydrogens is 340 g/mol. The molecule has 2 heterocycles. The van der Waals surface area contributed by atoms with E-state index in [2.05, 4.69) is 10.4 Å². The Morgan fingerprint density at radius 3 is 2.37 bits per heavy atom. The van der Waals surface area contributed by atoms with E-state index in [-0.39, 0.29) is 18.5 Å². The highest BCUT2D eigenvalue weighted by atomic mass is 16.2. The zero-order chi connectivity index (χ0) is 19.0. The van der Waals surface area contributed by atoms with Gasteiger partial charge in [-0.15, -0.1) is 0 Å². The van der Waals surface area contributed by atoms with Gasteiger partial charge in [0.25, 0.3) is 5.91 Å². The molecule has 136 valence electrons. The maximum atomic E-state index is 13.0. The number of carbonyl (C=O) groups is 2. The van der Waals surface area contributed by atoms with E-state index in [4.69, 9.17) is 0 Å². The molecule has 0 aliphatic carbocycles. The van der Waals surface area contributed by atoms with Gasteiger partial charge < -0.3 is 5.32 Å². The summed E-state index contributed by atoms with van der Waals surface area (Å²) in [6.45, 7) is 3.96. The van der Waals surface area contributed by atoms with Crippen molar-refractivity contribution in [1.82, 2.24) is 20.0 Å². The number of nitrogens with zero attached hydrogens (tertiary/aromatic N) is 3. The average Bonchev–Trinajstić information content (AvgIpc) is 3.27. The molecule has 6 heteroatoms. The third kappa shape index (κ3) is 2.99. The van der Waals surface area contributed by atoms with E-state index in [1.165, 1.54) is 4.90 Å². The van der Waals surface area contributed by atoms with Gasteiger partial charge in [0.1, 0.15) is 5.54 Å². The summed E-state index contributed by atoms with van der Waals surface area (Å²) in [4.78, 5) is 26.8. The molecule has 1 saturated heterocycles. The summed E-state index contributed by atoms with van der Waals surface area (Å²) in [6, 6.07) is 16.8. The van der Waals surface area contributed by atoms with Gasteiger partial charge in [0.05, 0.1) is 12.2 Å². The molecule has 1 aliphatic heterocycles. The number of carbonyl (C=O) groups excluding carboxylic acids is 2. The van der Waals surface area contributed by atoms with Crippen LogP contribution in [0.3, 0.4) is 0 Å². The highest BCUT2D eigenvalue weighted by molar-refractivity contribution is 6.07. The SMILES string of the molecule is Cc1ccc(C2(C)NC(=O)N(Cc3ccc(-n4cccn4)cc3)C2=O)cc1. The minimum absolute atomic E-state index is 0.228. The molecule has 3 aromatic rings. The van der Waals surface area contributed by atoms with Gasteiger partial charge in [-0.2, -0.15) is 5.10 Å². The van der Waals surface area contributed by atoms with Crippen molar-refractivity contribution in [3.05, 3.63) is 83.7 Å². The van der Waals surface area contributed by atoms with Crippen molar-refractivity contribution in [2.45, 2.75) is 25.9 Å². The summed E-state index contributed by atoms with van der Waals surface area (Å²) in [5, 5.41) is 7.03. The number of imide groups is 1. The number of nitrogens with one attached hydrogen (secondary N) is 1. The molecule has 27 heavy (non-hydrogen) atoms. The van der Waals surface area contributed by atoms with Gasteiger partial charge in [-0.3, -0.25) is 9.69 Å². The lowest BCUT2D eigenvalue weighted by Crippen LogP contribution is -2.40. The predicted molar refractivity (Wildman–Crippen MR) is 101 cm³/mol. The van der Waals surface area contributed by atoms with Crippen LogP contribution in [0.4, 0.5) is 4.79 Å². The first-order valence-corrected chi connectivity index (χ1v) is 8.77. The lowest BCUT2D eigenvalue weighted by Gasteiger charge is -2.22. The number of amides is 3. The van der Waals surface area contributed by atoms with Gasteiger partial charge in [-0.1, -0.05) is 42.0 Å². The van der Waals surface area contributed by atoms with Gasteiger partial charge in [0, 0.05) is 12.4 Å². The average molecular weight is 360 g/mol. The van der Waals surface area contributed by atoms with Crippen LogP contribution in [0.1, 0.15) is 23.6 Å². The standard InChI is InChI=1S/C21H20N4O2/c1-15-4-8-17(9-5-15)21(2)19(26)24(20(27)23-21)14-16-6-10-18(11-7-16)25-13-3-12-22-25/h3-13H,14H2,1-2H3,(H,23,27). The van der Waals surface area contributed by atoms with Gasteiger partial charge in [0.15, 0.2) is 0 Å². The fourth-order valence-electron chi connectivity index (χ4n) is 3.28. The molecule has 1 aliphatic rings. The Labute approximate surface area is 157 Å². The van der Waals surface area contributed by atoms with E-state index in [0.29, 0.717) is 0 Å². The Morgan fingerprint density at radius 2 is 1.74 bits per heavy atom. The monoisotopic (exact) mass is 360 g/mol. The summed E-state index contributed by atoms with van der Waals surface area (Å²) in [5.74, 6) is -0.243. The van der Waals surface area contributed by atoms with Crippen LogP contribution in [-0.2, 0) is 16.9 Å². The summed E-state index contributed by atoms with van der Waals surface area (Å²) in [6.07, 6.45) is 3.58. The molecule has 2 aromatic carbocycles. The topological polar surface area (TPSA) is 67.2 Å². The van der Waals surface area contributed by atoms with Gasteiger partial charge in [-0.05, 0) is 43.2 Å². The summed E-state index contributed by atoms with van der Waals surface area (Å²) >= 11 is 0. The molecule has 1 aromatic heterocycles. The van der Waals surface area contributed by atoms with Crippen LogP contribution in [-0.4, -0.2) is 26.6 Å². The molecule has 0 saturated carbocycles. The molecule has 1 N–H and O–H groups in total. The van der Waals surface area contributed by atoms with Crippen molar-refractivity contribution in [1.29, 1.82) is 0 Å². The van der Waals surface area contributed by atoms with Crippen LogP contribution >= 0.6 is 0 Å². The molecule has 0 spiro atoms. The van der Waals surface area contributed by atoms with Gasteiger partial charge >= 0.3 is 6.03 Å². The lowest BCUT2D eigenvalue weighted by atomic mass is 9.91. The van der Waals surface area contributed by atoms with Crippen LogP contribution in [0.5, 0.6) is 0 Å². The maximum Gasteiger partial charge on any atom is 0.325 e. The molecular formula is C21H20N4O2. The first-order chi connectivity index (χ1) is 13.0. The van der Waals surface area contributed by atoms with Crippen molar-refractivity contribution in [3.63, 3.8) is 0 Å². The largest absolute Gasteiger partial charge is 0.325 e. The molecule has 1 unspecified atom stereocenters. The summed E-state index contributed by atoms with van der Waals surface area (Å²) in [7, 11) is 0. The highest BCUT2D eigenvalue weighted by Crippen LogP contribution is 2.30. The van der Waals surface area contributed by atoms with Crippen molar-refractivity contribution in [3.8, 4) is 5.69 Å². The number of aromatic nitrogens is 2. The fourth-order valence-corrected chi connectivity index (χ4v) is 3.28. The second-order valence-corrected chi connectivity index (χ2v) is 6.93. The second kappa shape index (κ2) is 6.39. The van der Waals surface area contributed by atoms with Gasteiger partial charge in [0.2, 0.25) is 0 Å². The van der Waals surface area contributed by atoms with E-state index >= 15 is 0 Å². The second-order valence-electron chi connectivity index (χ2n) is 6.93. The van der Waals surface area contributed by atoms with Gasteiger partial charge in [-0.25, -0.2) is 9.48 Å². The molecule has 4 rings (SSSR count). The smallest absolute Gasteiger partial charge is 0.319 e. The number of benzene rings is 2. The molecule has 1 fully saturated rings. The third-order valence-corrected chi connectivity index (χ3v) is 4.95. The minimum Gasteiger partial charge on any atom is -0.319 e. The zero-order valence-electron chi connectivity index (χ0n) is 15.2. The van der Waals surface area contributed by atoms with Crippen molar-refractivity contribution >= 4 is 11.9 Å². The third-order valence-electron chi connectivity index (χ3n) is 4.95. The van der Waals surface area contributed by atoms with Crippen LogP contribution in [0.15, 0.2) is 67.0 Å². The first-order valence-electron chi connectivity index (χ1n) is 8.77. The van der Waals surface area contributed by atoms with E-state index < -0.39 is 5.54 Å². The first kappa shape index (κ1) is 17.0. The van der Waals surface area contributed by atoms with Crippen molar-refractivity contribution < 1.29 is 9.59 Å². The Bertz CT molecular complexity index is 978. The van der Waals surface area contributed by atoms with Crippen molar-refractivity contribution in [2.24, 2.45) is 0 Å². The molecule has 1 atom stereocenters.